The molecule has 0 bridgehead atoms. The maximum absolute atomic E-state index is 13.1. The third-order valence-corrected chi connectivity index (χ3v) is 4.06. The molecule has 0 saturated heterocycles. The Hall–Kier alpha value is -3.96. The van der Waals surface area contributed by atoms with Crippen molar-refractivity contribution in [1.82, 2.24) is 14.5 Å². The molecule has 0 amide bonds. The zero-order valence-electron chi connectivity index (χ0n) is 14.9. The van der Waals surface area contributed by atoms with E-state index in [0.717, 1.165) is 5.39 Å². The van der Waals surface area contributed by atoms with E-state index in [1.807, 2.05) is 23.9 Å². The molecule has 28 heavy (non-hydrogen) atoms. The maximum atomic E-state index is 13.1. The van der Waals surface area contributed by atoms with Gasteiger partial charge in [0.25, 0.3) is 0 Å². The van der Waals surface area contributed by atoms with E-state index in [2.05, 4.69) is 33.6 Å². The SMILES string of the molecule is Cn1ccc2c(C#Cc3ccc(F)cc3)nc(C#Cc3ccc(F)cc3)nc21. The zero-order valence-corrected chi connectivity index (χ0v) is 14.9. The lowest BCUT2D eigenvalue weighted by molar-refractivity contribution is 0.627. The fourth-order valence-electron chi connectivity index (χ4n) is 2.61. The van der Waals surface area contributed by atoms with Crippen molar-refractivity contribution in [1.29, 1.82) is 0 Å². The van der Waals surface area contributed by atoms with Crippen LogP contribution in [0.1, 0.15) is 22.6 Å². The molecule has 0 spiro atoms. The minimum Gasteiger partial charge on any atom is -0.335 e. The fraction of sp³-hybridized carbons (Fsp3) is 0.0435. The lowest BCUT2D eigenvalue weighted by Gasteiger charge is -1.99. The molecule has 0 saturated carbocycles. The molecule has 0 aliphatic rings. The predicted octanol–water partition coefficient (Wildman–Crippen LogP) is 4.05. The molecule has 3 nitrogen and oxygen atoms in total. The summed E-state index contributed by atoms with van der Waals surface area (Å²) in [5.74, 6) is 11.6. The molecule has 2 aromatic heterocycles. The second kappa shape index (κ2) is 7.34. The highest BCUT2D eigenvalue weighted by molar-refractivity contribution is 5.82. The number of hydrogen-bond acceptors (Lipinski definition) is 2. The molecular formula is C23H13F2N3. The summed E-state index contributed by atoms with van der Waals surface area (Å²) in [6.07, 6.45) is 1.87. The van der Waals surface area contributed by atoms with Gasteiger partial charge in [0.1, 0.15) is 23.0 Å². The van der Waals surface area contributed by atoms with E-state index in [1.54, 1.807) is 24.3 Å². The molecule has 0 N–H and O–H groups in total. The third-order valence-electron chi connectivity index (χ3n) is 4.06. The smallest absolute Gasteiger partial charge is 0.208 e. The summed E-state index contributed by atoms with van der Waals surface area (Å²) in [6.45, 7) is 0. The van der Waals surface area contributed by atoms with Crippen molar-refractivity contribution < 1.29 is 8.78 Å². The largest absolute Gasteiger partial charge is 0.335 e. The summed E-state index contributed by atoms with van der Waals surface area (Å²) in [5, 5.41) is 0.810. The molecule has 4 aromatic rings. The standard InChI is InChI=1S/C23H13F2N3/c1-28-15-14-20-21(12-6-16-2-8-18(24)9-3-16)26-22(27-23(20)28)13-7-17-4-10-19(25)11-5-17/h2-5,8-11,14-15H,1H3. The van der Waals surface area contributed by atoms with E-state index < -0.39 is 0 Å². The maximum Gasteiger partial charge on any atom is 0.208 e. The van der Waals surface area contributed by atoms with Crippen LogP contribution < -0.4 is 0 Å². The van der Waals surface area contributed by atoms with Crippen molar-refractivity contribution in [3.63, 3.8) is 0 Å². The lowest BCUT2D eigenvalue weighted by atomic mass is 10.2. The predicted molar refractivity (Wildman–Crippen MR) is 103 cm³/mol. The average molecular weight is 369 g/mol. The van der Waals surface area contributed by atoms with Gasteiger partial charge in [-0.25, -0.2) is 18.7 Å². The summed E-state index contributed by atoms with van der Waals surface area (Å²) in [7, 11) is 1.88. The molecule has 2 aromatic carbocycles. The van der Waals surface area contributed by atoms with Gasteiger partial charge in [-0.15, -0.1) is 0 Å². The summed E-state index contributed by atoms with van der Waals surface area (Å²) < 4.78 is 27.9. The molecule has 2 heterocycles. The van der Waals surface area contributed by atoms with Gasteiger partial charge in [-0.2, -0.15) is 0 Å². The second-order valence-electron chi connectivity index (χ2n) is 6.07. The van der Waals surface area contributed by atoms with E-state index in [9.17, 15) is 8.78 Å². The van der Waals surface area contributed by atoms with Crippen molar-refractivity contribution in [3.05, 3.63) is 95.1 Å². The normalized spacial score (nSPS) is 10.1. The highest BCUT2D eigenvalue weighted by atomic mass is 19.1. The quantitative estimate of drug-likeness (QED) is 0.438. The van der Waals surface area contributed by atoms with Crippen LogP contribution in [0.5, 0.6) is 0 Å². The first-order chi connectivity index (χ1) is 13.6. The van der Waals surface area contributed by atoms with Crippen LogP contribution >= 0.6 is 0 Å². The van der Waals surface area contributed by atoms with Gasteiger partial charge in [0.2, 0.25) is 5.82 Å². The lowest BCUT2D eigenvalue weighted by Crippen LogP contribution is -1.97. The van der Waals surface area contributed by atoms with Crippen LogP contribution in [0.2, 0.25) is 0 Å². The van der Waals surface area contributed by atoms with E-state index in [-0.39, 0.29) is 11.6 Å². The average Bonchev–Trinajstić information content (AvgIpc) is 3.08. The van der Waals surface area contributed by atoms with Gasteiger partial charge in [-0.3, -0.25) is 0 Å². The number of rotatable bonds is 0. The molecule has 0 unspecified atom stereocenters. The fourth-order valence-corrected chi connectivity index (χ4v) is 2.61. The molecule has 134 valence electrons. The van der Waals surface area contributed by atoms with Crippen LogP contribution in [0.25, 0.3) is 11.0 Å². The van der Waals surface area contributed by atoms with E-state index >= 15 is 0 Å². The Labute approximate surface area is 160 Å². The molecular weight excluding hydrogens is 356 g/mol. The van der Waals surface area contributed by atoms with Gasteiger partial charge in [0.15, 0.2) is 0 Å². The Bertz CT molecular complexity index is 1280. The van der Waals surface area contributed by atoms with Crippen LogP contribution in [-0.4, -0.2) is 14.5 Å². The minimum atomic E-state index is -0.314. The summed E-state index contributed by atoms with van der Waals surface area (Å²) in [5.41, 5.74) is 2.60. The summed E-state index contributed by atoms with van der Waals surface area (Å²) in [6, 6.07) is 13.7. The van der Waals surface area contributed by atoms with E-state index in [0.29, 0.717) is 28.3 Å². The molecule has 0 radical (unpaired) electrons. The number of fused-ring (bicyclic) bond motifs is 1. The highest BCUT2D eigenvalue weighted by Gasteiger charge is 2.08. The van der Waals surface area contributed by atoms with Crippen LogP contribution in [0.3, 0.4) is 0 Å². The number of aryl methyl sites for hydroxylation is 1. The van der Waals surface area contributed by atoms with E-state index in [4.69, 9.17) is 0 Å². The number of halogens is 2. The highest BCUT2D eigenvalue weighted by Crippen LogP contribution is 2.16. The number of nitrogens with zero attached hydrogens (tertiary/aromatic N) is 3. The number of aromatic nitrogens is 3. The monoisotopic (exact) mass is 369 g/mol. The van der Waals surface area contributed by atoms with E-state index in [1.165, 1.54) is 24.3 Å². The van der Waals surface area contributed by atoms with Gasteiger partial charge in [-0.1, -0.05) is 11.8 Å². The first-order valence-corrected chi connectivity index (χ1v) is 8.47. The van der Waals surface area contributed by atoms with Crippen molar-refractivity contribution in [2.45, 2.75) is 0 Å². The van der Waals surface area contributed by atoms with Crippen molar-refractivity contribution >= 4 is 11.0 Å². The zero-order chi connectivity index (χ0) is 19.5. The molecule has 5 heteroatoms. The molecule has 0 atom stereocenters. The number of hydrogen-bond donors (Lipinski definition) is 0. The van der Waals surface area contributed by atoms with Gasteiger partial charge >= 0.3 is 0 Å². The molecule has 0 aliphatic carbocycles. The van der Waals surface area contributed by atoms with Crippen molar-refractivity contribution in [2.75, 3.05) is 0 Å². The van der Waals surface area contributed by atoms with Gasteiger partial charge in [0, 0.05) is 24.4 Å². The van der Waals surface area contributed by atoms with Crippen molar-refractivity contribution in [2.24, 2.45) is 7.05 Å². The minimum absolute atomic E-state index is 0.309. The van der Waals surface area contributed by atoms with Crippen LogP contribution in [-0.2, 0) is 7.05 Å². The Balaban J connectivity index is 1.76. The topological polar surface area (TPSA) is 30.7 Å². The van der Waals surface area contributed by atoms with Gasteiger partial charge < -0.3 is 4.57 Å². The molecule has 0 aliphatic heterocycles. The Kier molecular flexibility index (Phi) is 4.58. The Morgan fingerprint density at radius 2 is 1.29 bits per heavy atom. The van der Waals surface area contributed by atoms with Gasteiger partial charge in [-0.05, 0) is 66.4 Å². The molecule has 0 fully saturated rings. The second-order valence-corrected chi connectivity index (χ2v) is 6.07. The Morgan fingerprint density at radius 1 is 0.714 bits per heavy atom. The summed E-state index contributed by atoms with van der Waals surface area (Å²) in [4.78, 5) is 8.94. The molecule has 4 rings (SSSR count). The van der Waals surface area contributed by atoms with Crippen molar-refractivity contribution in [3.8, 4) is 23.7 Å². The third kappa shape index (κ3) is 3.75. The number of benzene rings is 2. The van der Waals surface area contributed by atoms with Crippen LogP contribution in [0.15, 0.2) is 60.8 Å². The first kappa shape index (κ1) is 17.5. The van der Waals surface area contributed by atoms with Crippen LogP contribution in [0.4, 0.5) is 8.78 Å². The van der Waals surface area contributed by atoms with Crippen LogP contribution in [0, 0.1) is 35.3 Å². The first-order valence-electron chi connectivity index (χ1n) is 8.47. The summed E-state index contributed by atoms with van der Waals surface area (Å²) >= 11 is 0. The van der Waals surface area contributed by atoms with Gasteiger partial charge in [0.05, 0.1) is 5.39 Å². The Morgan fingerprint density at radius 3 is 1.89 bits per heavy atom.